The summed E-state index contributed by atoms with van der Waals surface area (Å²) < 4.78 is 1.75. The van der Waals surface area contributed by atoms with Crippen molar-refractivity contribution in [2.75, 3.05) is 37.6 Å². The third kappa shape index (κ3) is 4.15. The summed E-state index contributed by atoms with van der Waals surface area (Å²) in [6.07, 6.45) is 6.01. The number of hydrogen-bond donors (Lipinski definition) is 1. The smallest absolute Gasteiger partial charge is 0.341 e. The molecule has 2 aromatic heterocycles. The first-order valence-electron chi connectivity index (χ1n) is 11.8. The van der Waals surface area contributed by atoms with Crippen LogP contribution in [0.25, 0.3) is 16.6 Å². The van der Waals surface area contributed by atoms with E-state index in [1.54, 1.807) is 10.6 Å². The van der Waals surface area contributed by atoms with Gasteiger partial charge in [-0.15, -0.1) is 9.24 Å². The molecule has 3 aromatic rings. The van der Waals surface area contributed by atoms with E-state index in [-0.39, 0.29) is 5.56 Å². The van der Waals surface area contributed by atoms with E-state index in [2.05, 4.69) is 49.4 Å². The lowest BCUT2D eigenvalue weighted by atomic mass is 9.90. The standard InChI is InChI=1S/C26H29N4O3P/c1-2-29-16-21(26(32)33)23(31)20-14-22(34)25(27-24(20)29)30-12-10-28(11-13-30)15-18-8-5-7-17-6-3-4-9-19(17)18/h3-4,6,8-9,14,16H,2,5,7,10-13,15,34H2,1H3,(H,32,33). The summed E-state index contributed by atoms with van der Waals surface area (Å²) in [5.74, 6) is -0.376. The summed E-state index contributed by atoms with van der Waals surface area (Å²) in [5.41, 5.74) is 4.08. The largest absolute Gasteiger partial charge is 0.477 e. The normalized spacial score (nSPS) is 16.4. The maximum Gasteiger partial charge on any atom is 0.341 e. The molecule has 0 spiro atoms. The van der Waals surface area contributed by atoms with E-state index in [1.165, 1.54) is 22.9 Å². The number of aromatic carboxylic acids is 1. The number of nitrogens with zero attached hydrogens (tertiary/aromatic N) is 4. The molecule has 1 atom stereocenters. The second-order valence-corrected chi connectivity index (χ2v) is 9.55. The Morgan fingerprint density at radius 2 is 1.94 bits per heavy atom. The van der Waals surface area contributed by atoms with E-state index in [1.807, 2.05) is 6.92 Å². The Hall–Kier alpha value is -3.02. The fourth-order valence-corrected chi connectivity index (χ4v) is 5.45. The van der Waals surface area contributed by atoms with Gasteiger partial charge in [0.05, 0.1) is 5.39 Å². The fraction of sp³-hybridized carbons (Fsp3) is 0.346. The van der Waals surface area contributed by atoms with Crippen LogP contribution in [-0.4, -0.2) is 58.3 Å². The summed E-state index contributed by atoms with van der Waals surface area (Å²) in [4.78, 5) is 33.8. The predicted molar refractivity (Wildman–Crippen MR) is 139 cm³/mol. The van der Waals surface area contributed by atoms with Crippen LogP contribution in [-0.2, 0) is 13.0 Å². The van der Waals surface area contributed by atoms with Crippen molar-refractivity contribution >= 4 is 42.9 Å². The Labute approximate surface area is 200 Å². The van der Waals surface area contributed by atoms with Crippen LogP contribution in [0.1, 0.15) is 34.8 Å². The molecular formula is C26H29N4O3P. The molecule has 1 saturated heterocycles. The van der Waals surface area contributed by atoms with Gasteiger partial charge >= 0.3 is 5.97 Å². The molecule has 0 bridgehead atoms. The zero-order valence-electron chi connectivity index (χ0n) is 19.3. The minimum Gasteiger partial charge on any atom is -0.477 e. The average Bonchev–Trinajstić information content (AvgIpc) is 2.85. The molecule has 1 aliphatic carbocycles. The van der Waals surface area contributed by atoms with Gasteiger partial charge < -0.3 is 14.6 Å². The molecule has 1 fully saturated rings. The SMILES string of the molecule is CCn1cc(C(=O)O)c(=O)c2cc(P)c(N3CCN(CC4=CCCc5ccccc54)CC3)nc21. The molecule has 2 aliphatic rings. The van der Waals surface area contributed by atoms with Gasteiger partial charge in [0.15, 0.2) is 0 Å². The van der Waals surface area contributed by atoms with Gasteiger partial charge in [-0.25, -0.2) is 9.78 Å². The van der Waals surface area contributed by atoms with Crippen LogP contribution in [0.4, 0.5) is 5.82 Å². The summed E-state index contributed by atoms with van der Waals surface area (Å²) in [5, 5.41) is 10.6. The van der Waals surface area contributed by atoms with Crippen LogP contribution >= 0.6 is 9.24 Å². The first-order chi connectivity index (χ1) is 16.5. The van der Waals surface area contributed by atoms with Gasteiger partial charge in [-0.1, -0.05) is 30.3 Å². The van der Waals surface area contributed by atoms with Gasteiger partial charge in [0.25, 0.3) is 0 Å². The average molecular weight is 477 g/mol. The molecular weight excluding hydrogens is 447 g/mol. The third-order valence-corrected chi connectivity index (χ3v) is 7.29. The van der Waals surface area contributed by atoms with Gasteiger partial charge in [0, 0.05) is 50.8 Å². The number of hydrogen-bond acceptors (Lipinski definition) is 5. The predicted octanol–water partition coefficient (Wildman–Crippen LogP) is 2.77. The van der Waals surface area contributed by atoms with E-state index < -0.39 is 11.4 Å². The van der Waals surface area contributed by atoms with Gasteiger partial charge in [-0.3, -0.25) is 9.69 Å². The van der Waals surface area contributed by atoms with E-state index in [0.29, 0.717) is 17.6 Å². The second kappa shape index (κ2) is 9.32. The monoisotopic (exact) mass is 476 g/mol. The Kier molecular flexibility index (Phi) is 6.24. The maximum absolute atomic E-state index is 12.7. The topological polar surface area (TPSA) is 78.7 Å². The molecule has 1 N–H and O–H groups in total. The lowest BCUT2D eigenvalue weighted by Gasteiger charge is -2.37. The number of allylic oxidation sites excluding steroid dienone is 1. The minimum absolute atomic E-state index is 0.222. The molecule has 176 valence electrons. The zero-order chi connectivity index (χ0) is 23.8. The lowest BCUT2D eigenvalue weighted by Crippen LogP contribution is -2.48. The number of pyridine rings is 2. The van der Waals surface area contributed by atoms with Crippen LogP contribution in [0.3, 0.4) is 0 Å². The van der Waals surface area contributed by atoms with Crippen LogP contribution in [0.2, 0.25) is 0 Å². The number of carboxylic acid groups (broad SMARTS) is 1. The minimum atomic E-state index is -1.21. The van der Waals surface area contributed by atoms with Crippen LogP contribution in [0.15, 0.2) is 47.4 Å². The Morgan fingerprint density at radius 3 is 2.68 bits per heavy atom. The summed E-state index contributed by atoms with van der Waals surface area (Å²) >= 11 is 0. The van der Waals surface area contributed by atoms with Crippen molar-refractivity contribution in [2.45, 2.75) is 26.3 Å². The molecule has 3 heterocycles. The molecule has 1 aliphatic heterocycles. The molecule has 34 heavy (non-hydrogen) atoms. The lowest BCUT2D eigenvalue weighted by molar-refractivity contribution is 0.0695. The van der Waals surface area contributed by atoms with Gasteiger partial charge in [0.2, 0.25) is 5.43 Å². The molecule has 0 amide bonds. The summed E-state index contributed by atoms with van der Waals surface area (Å²) in [6, 6.07) is 10.5. The number of carboxylic acids is 1. The number of anilines is 1. The van der Waals surface area contributed by atoms with Gasteiger partial charge in [-0.05, 0) is 42.5 Å². The van der Waals surface area contributed by atoms with Crippen LogP contribution < -0.4 is 15.6 Å². The van der Waals surface area contributed by atoms with E-state index in [4.69, 9.17) is 4.98 Å². The zero-order valence-corrected chi connectivity index (χ0v) is 20.5. The van der Waals surface area contributed by atoms with Crippen molar-refractivity contribution in [3.63, 3.8) is 0 Å². The first kappa shape index (κ1) is 22.8. The third-order valence-electron chi connectivity index (χ3n) is 6.86. The highest BCUT2D eigenvalue weighted by Gasteiger charge is 2.24. The van der Waals surface area contributed by atoms with Gasteiger partial charge in [0.1, 0.15) is 17.0 Å². The fourth-order valence-electron chi connectivity index (χ4n) is 5.03. The first-order valence-corrected chi connectivity index (χ1v) is 12.4. The number of fused-ring (bicyclic) bond motifs is 2. The number of aryl methyl sites for hydroxylation is 2. The number of piperazine rings is 1. The molecule has 7 nitrogen and oxygen atoms in total. The van der Waals surface area contributed by atoms with Crippen LogP contribution in [0, 0.1) is 0 Å². The van der Waals surface area contributed by atoms with Crippen LogP contribution in [0.5, 0.6) is 0 Å². The van der Waals surface area contributed by atoms with Gasteiger partial charge in [-0.2, -0.15) is 0 Å². The van der Waals surface area contributed by atoms with Crippen molar-refractivity contribution in [3.8, 4) is 0 Å². The summed E-state index contributed by atoms with van der Waals surface area (Å²) in [7, 11) is 2.67. The van der Waals surface area contributed by atoms with E-state index in [9.17, 15) is 14.7 Å². The highest BCUT2D eigenvalue weighted by atomic mass is 31.0. The number of rotatable bonds is 5. The van der Waals surface area contributed by atoms with Crippen molar-refractivity contribution in [1.29, 1.82) is 0 Å². The Balaban J connectivity index is 1.36. The number of carbonyl (C=O) groups is 1. The van der Waals surface area contributed by atoms with E-state index in [0.717, 1.165) is 56.7 Å². The van der Waals surface area contributed by atoms with Crippen molar-refractivity contribution in [2.24, 2.45) is 0 Å². The van der Waals surface area contributed by atoms with Crippen molar-refractivity contribution < 1.29 is 9.90 Å². The number of benzene rings is 1. The molecule has 1 unspecified atom stereocenters. The van der Waals surface area contributed by atoms with E-state index >= 15 is 0 Å². The van der Waals surface area contributed by atoms with Crippen molar-refractivity contribution in [1.82, 2.24) is 14.5 Å². The molecule has 1 aromatic carbocycles. The molecule has 0 saturated carbocycles. The highest BCUT2D eigenvalue weighted by Crippen LogP contribution is 2.27. The molecule has 5 rings (SSSR count). The maximum atomic E-state index is 12.7. The number of aromatic nitrogens is 2. The molecule has 8 heteroatoms. The summed E-state index contributed by atoms with van der Waals surface area (Å²) in [6.45, 7) is 6.96. The second-order valence-electron chi connectivity index (χ2n) is 8.92. The Bertz CT molecular complexity index is 1360. The van der Waals surface area contributed by atoms with Crippen molar-refractivity contribution in [3.05, 3.63) is 69.5 Å². The molecule has 0 radical (unpaired) electrons. The highest BCUT2D eigenvalue weighted by molar-refractivity contribution is 7.28. The Morgan fingerprint density at radius 1 is 1.18 bits per heavy atom. The quantitative estimate of drug-likeness (QED) is 0.571.